The summed E-state index contributed by atoms with van der Waals surface area (Å²) < 4.78 is 27.0. The number of sulfonamides is 1. The summed E-state index contributed by atoms with van der Waals surface area (Å²) in [6, 6.07) is 6.50. The molecule has 0 saturated carbocycles. The number of thiophene rings is 1. The molecule has 0 bridgehead atoms. The van der Waals surface area contributed by atoms with Gasteiger partial charge in [0.25, 0.3) is 5.91 Å². The van der Waals surface area contributed by atoms with Crippen molar-refractivity contribution in [2.75, 3.05) is 26.2 Å². The second-order valence-electron chi connectivity index (χ2n) is 5.68. The van der Waals surface area contributed by atoms with Crippen LogP contribution < -0.4 is 0 Å². The van der Waals surface area contributed by atoms with Gasteiger partial charge in [0.2, 0.25) is 10.0 Å². The molecule has 1 saturated heterocycles. The third-order valence-corrected chi connectivity index (χ3v) is 7.96. The summed E-state index contributed by atoms with van der Waals surface area (Å²) in [6.07, 6.45) is 0. The fourth-order valence-corrected chi connectivity index (χ4v) is 6.13. The molecule has 2 heterocycles. The highest BCUT2D eigenvalue weighted by Crippen LogP contribution is 2.32. The average molecular weight is 419 g/mol. The number of carbonyl (C=O) groups is 1. The Morgan fingerprint density at radius 1 is 1.08 bits per heavy atom. The van der Waals surface area contributed by atoms with Gasteiger partial charge in [-0.15, -0.1) is 11.3 Å². The van der Waals surface area contributed by atoms with Gasteiger partial charge in [-0.3, -0.25) is 4.79 Å². The van der Waals surface area contributed by atoms with E-state index in [4.69, 9.17) is 23.2 Å². The molecule has 0 radical (unpaired) electrons. The summed E-state index contributed by atoms with van der Waals surface area (Å²) in [5.74, 6) is -0.0553. The minimum absolute atomic E-state index is 0.0553. The Labute approximate surface area is 160 Å². The number of piperazine rings is 1. The van der Waals surface area contributed by atoms with Gasteiger partial charge in [0.1, 0.15) is 4.90 Å². The van der Waals surface area contributed by atoms with Crippen molar-refractivity contribution in [2.24, 2.45) is 0 Å². The van der Waals surface area contributed by atoms with Crippen LogP contribution in [0.15, 0.2) is 34.5 Å². The van der Waals surface area contributed by atoms with Gasteiger partial charge in [-0.05, 0) is 36.1 Å². The average Bonchev–Trinajstić information content (AvgIpc) is 3.00. The number of halogens is 2. The summed E-state index contributed by atoms with van der Waals surface area (Å²) in [6.45, 7) is 2.97. The first-order valence-electron chi connectivity index (χ1n) is 7.60. The number of carbonyl (C=O) groups excluding carboxylic acids is 1. The third-order valence-electron chi connectivity index (χ3n) is 4.10. The van der Waals surface area contributed by atoms with Gasteiger partial charge in [0.05, 0.1) is 14.9 Å². The van der Waals surface area contributed by atoms with Gasteiger partial charge in [-0.1, -0.05) is 29.3 Å². The van der Waals surface area contributed by atoms with E-state index in [9.17, 15) is 13.2 Å². The van der Waals surface area contributed by atoms with Crippen molar-refractivity contribution in [2.45, 2.75) is 11.8 Å². The van der Waals surface area contributed by atoms with Crippen LogP contribution in [0.2, 0.25) is 10.0 Å². The zero-order valence-electron chi connectivity index (χ0n) is 13.4. The first-order valence-corrected chi connectivity index (χ1v) is 10.7. The van der Waals surface area contributed by atoms with Crippen molar-refractivity contribution in [1.82, 2.24) is 9.21 Å². The third kappa shape index (κ3) is 3.57. The van der Waals surface area contributed by atoms with E-state index in [1.54, 1.807) is 11.0 Å². The Kier molecular flexibility index (Phi) is 5.41. The molecule has 5 nitrogen and oxygen atoms in total. The quantitative estimate of drug-likeness (QED) is 0.765. The Bertz CT molecular complexity index is 884. The van der Waals surface area contributed by atoms with Gasteiger partial charge in [-0.25, -0.2) is 8.42 Å². The van der Waals surface area contributed by atoms with Gasteiger partial charge >= 0.3 is 0 Å². The minimum atomic E-state index is -3.80. The van der Waals surface area contributed by atoms with E-state index in [1.165, 1.54) is 27.8 Å². The molecule has 1 amide bonds. The topological polar surface area (TPSA) is 57.7 Å². The fourth-order valence-electron chi connectivity index (χ4n) is 2.73. The summed E-state index contributed by atoms with van der Waals surface area (Å²) >= 11 is 13.5. The molecule has 0 spiro atoms. The monoisotopic (exact) mass is 418 g/mol. The molecular weight excluding hydrogens is 403 g/mol. The van der Waals surface area contributed by atoms with Crippen LogP contribution in [0.1, 0.15) is 15.2 Å². The molecule has 0 atom stereocenters. The predicted octanol–water partition coefficient (Wildman–Crippen LogP) is 3.51. The van der Waals surface area contributed by atoms with Crippen molar-refractivity contribution in [3.8, 4) is 0 Å². The molecule has 134 valence electrons. The Morgan fingerprint density at radius 3 is 2.20 bits per heavy atom. The molecule has 0 unspecified atom stereocenters. The number of rotatable bonds is 3. The molecule has 1 fully saturated rings. The lowest BCUT2D eigenvalue weighted by molar-refractivity contribution is 0.0702. The van der Waals surface area contributed by atoms with Gasteiger partial charge in [0, 0.05) is 26.2 Å². The number of hydrogen-bond donors (Lipinski definition) is 0. The molecule has 2 aromatic rings. The van der Waals surface area contributed by atoms with Crippen LogP contribution >= 0.6 is 34.5 Å². The largest absolute Gasteiger partial charge is 0.335 e. The van der Waals surface area contributed by atoms with Gasteiger partial charge < -0.3 is 4.90 Å². The number of benzene rings is 1. The van der Waals surface area contributed by atoms with E-state index in [2.05, 4.69) is 0 Å². The van der Waals surface area contributed by atoms with E-state index in [0.717, 1.165) is 5.56 Å². The summed E-state index contributed by atoms with van der Waals surface area (Å²) in [4.78, 5) is 14.8. The molecule has 0 N–H and O–H groups in total. The lowest BCUT2D eigenvalue weighted by Crippen LogP contribution is -2.50. The second-order valence-corrected chi connectivity index (χ2v) is 9.29. The van der Waals surface area contributed by atoms with Gasteiger partial charge in [0.15, 0.2) is 0 Å². The van der Waals surface area contributed by atoms with E-state index in [1.807, 2.05) is 18.4 Å². The summed E-state index contributed by atoms with van der Waals surface area (Å²) in [7, 11) is -3.80. The molecule has 1 aliphatic rings. The second kappa shape index (κ2) is 7.25. The first kappa shape index (κ1) is 18.7. The Hall–Kier alpha value is -1.12. The summed E-state index contributed by atoms with van der Waals surface area (Å²) in [5.41, 5.74) is 0.938. The maximum atomic E-state index is 12.8. The minimum Gasteiger partial charge on any atom is -0.335 e. The molecule has 25 heavy (non-hydrogen) atoms. The molecule has 0 aliphatic carbocycles. The van der Waals surface area contributed by atoms with Crippen molar-refractivity contribution in [3.63, 3.8) is 0 Å². The first-order chi connectivity index (χ1) is 11.8. The van der Waals surface area contributed by atoms with Crippen molar-refractivity contribution in [3.05, 3.63) is 50.1 Å². The van der Waals surface area contributed by atoms with Crippen LogP contribution in [0.25, 0.3) is 0 Å². The Balaban J connectivity index is 1.76. The van der Waals surface area contributed by atoms with Crippen molar-refractivity contribution >= 4 is 50.5 Å². The van der Waals surface area contributed by atoms with Crippen molar-refractivity contribution < 1.29 is 13.2 Å². The lowest BCUT2D eigenvalue weighted by atomic mass is 10.2. The molecule has 9 heteroatoms. The molecule has 1 aromatic carbocycles. The van der Waals surface area contributed by atoms with E-state index >= 15 is 0 Å². The van der Waals surface area contributed by atoms with E-state index < -0.39 is 10.0 Å². The molecule has 3 rings (SSSR count). The molecule has 1 aromatic heterocycles. The Morgan fingerprint density at radius 2 is 1.68 bits per heavy atom. The van der Waals surface area contributed by atoms with E-state index in [0.29, 0.717) is 18.0 Å². The fraction of sp³-hybridized carbons (Fsp3) is 0.312. The summed E-state index contributed by atoms with van der Waals surface area (Å²) in [5, 5.41) is 2.07. The van der Waals surface area contributed by atoms with Crippen LogP contribution in [-0.2, 0) is 10.0 Å². The smallest absolute Gasteiger partial charge is 0.264 e. The lowest BCUT2D eigenvalue weighted by Gasteiger charge is -2.34. The van der Waals surface area contributed by atoms with Crippen LogP contribution in [0.3, 0.4) is 0 Å². The van der Waals surface area contributed by atoms with E-state index in [-0.39, 0.29) is 33.9 Å². The standard InChI is InChI=1S/C16H16Cl2N2O3S2/c1-11-5-10-24-14(11)16(21)19-6-8-20(9-7-19)25(22,23)15-12(17)3-2-4-13(15)18/h2-5,10H,6-9H2,1H3. The SMILES string of the molecule is Cc1ccsc1C(=O)N1CCN(S(=O)(=O)c2c(Cl)cccc2Cl)CC1. The zero-order chi connectivity index (χ0) is 18.2. The highest BCUT2D eigenvalue weighted by Gasteiger charge is 2.33. The zero-order valence-corrected chi connectivity index (χ0v) is 16.6. The molecular formula is C16H16Cl2N2O3S2. The van der Waals surface area contributed by atoms with Crippen LogP contribution in [0.4, 0.5) is 0 Å². The maximum Gasteiger partial charge on any atom is 0.264 e. The normalized spacial score (nSPS) is 16.2. The maximum absolute atomic E-state index is 12.8. The van der Waals surface area contributed by atoms with Crippen molar-refractivity contribution in [1.29, 1.82) is 0 Å². The van der Waals surface area contributed by atoms with Gasteiger partial charge in [-0.2, -0.15) is 4.31 Å². The highest BCUT2D eigenvalue weighted by molar-refractivity contribution is 7.89. The molecule has 1 aliphatic heterocycles. The highest BCUT2D eigenvalue weighted by atomic mass is 35.5. The number of hydrogen-bond acceptors (Lipinski definition) is 4. The predicted molar refractivity (Wildman–Crippen MR) is 100 cm³/mol. The van der Waals surface area contributed by atoms with Crippen LogP contribution in [0.5, 0.6) is 0 Å². The number of aryl methyl sites for hydroxylation is 1. The van der Waals surface area contributed by atoms with Crippen LogP contribution in [0, 0.1) is 6.92 Å². The number of amides is 1. The van der Waals surface area contributed by atoms with Crippen LogP contribution in [-0.4, -0.2) is 49.7 Å². The number of nitrogens with zero attached hydrogens (tertiary/aromatic N) is 2.